The molecular formula is C8H3F6S. The zero-order valence-electron chi connectivity index (χ0n) is 6.91. The largest absolute Gasteiger partial charge is 0.416 e. The van der Waals surface area contributed by atoms with Gasteiger partial charge in [0.1, 0.15) is 0 Å². The topological polar surface area (TPSA) is 0 Å². The van der Waals surface area contributed by atoms with Crippen LogP contribution < -0.4 is 0 Å². The smallest absolute Gasteiger partial charge is 0.166 e. The molecule has 0 saturated carbocycles. The van der Waals surface area contributed by atoms with E-state index in [4.69, 9.17) is 0 Å². The van der Waals surface area contributed by atoms with Crippen molar-refractivity contribution in [1.29, 1.82) is 0 Å². The van der Waals surface area contributed by atoms with Gasteiger partial charge in [-0.2, -0.15) is 26.3 Å². The lowest BCUT2D eigenvalue weighted by molar-refractivity contribution is -0.143. The number of halogens is 6. The molecule has 0 aliphatic heterocycles. The monoisotopic (exact) mass is 245 g/mol. The van der Waals surface area contributed by atoms with Crippen LogP contribution in [0.15, 0.2) is 23.1 Å². The van der Waals surface area contributed by atoms with Crippen molar-refractivity contribution in [1.82, 2.24) is 0 Å². The number of benzene rings is 1. The third-order valence-corrected chi connectivity index (χ3v) is 1.80. The van der Waals surface area contributed by atoms with Gasteiger partial charge in [-0.3, -0.25) is 0 Å². The van der Waals surface area contributed by atoms with Crippen LogP contribution in [0, 0.1) is 0 Å². The van der Waals surface area contributed by atoms with Crippen molar-refractivity contribution >= 4 is 12.6 Å². The third-order valence-electron chi connectivity index (χ3n) is 1.56. The normalized spacial score (nSPS) is 12.9. The summed E-state index contributed by atoms with van der Waals surface area (Å²) in [5, 5.41) is 0. The zero-order chi connectivity index (χ0) is 11.9. The summed E-state index contributed by atoms with van der Waals surface area (Å²) in [6.45, 7) is 0. The van der Waals surface area contributed by atoms with Gasteiger partial charge in [-0.15, -0.1) is 0 Å². The van der Waals surface area contributed by atoms with Crippen molar-refractivity contribution in [2.75, 3.05) is 0 Å². The Morgan fingerprint density at radius 1 is 0.733 bits per heavy atom. The van der Waals surface area contributed by atoms with E-state index < -0.39 is 28.4 Å². The molecule has 7 heteroatoms. The van der Waals surface area contributed by atoms with Crippen molar-refractivity contribution in [3.05, 3.63) is 29.3 Å². The van der Waals surface area contributed by atoms with Crippen molar-refractivity contribution < 1.29 is 26.3 Å². The Labute approximate surface area is 86.3 Å². The van der Waals surface area contributed by atoms with Crippen LogP contribution in [-0.2, 0) is 12.4 Å². The van der Waals surface area contributed by atoms with Crippen LogP contribution in [0.1, 0.15) is 11.1 Å². The van der Waals surface area contributed by atoms with Crippen LogP contribution >= 0.6 is 12.6 Å². The Morgan fingerprint density at radius 2 is 1.07 bits per heavy atom. The molecule has 0 N–H and O–H groups in total. The van der Waals surface area contributed by atoms with Crippen LogP contribution in [0.5, 0.6) is 0 Å². The minimum absolute atomic E-state index is 0.0375. The number of alkyl halides is 6. The Balaban J connectivity index is 3.30. The molecule has 0 unspecified atom stereocenters. The molecule has 0 aliphatic rings. The second-order valence-corrected chi connectivity index (χ2v) is 3.21. The molecule has 1 aromatic rings. The Hall–Kier alpha value is -0.980. The van der Waals surface area contributed by atoms with Crippen molar-refractivity contribution in [3.63, 3.8) is 0 Å². The van der Waals surface area contributed by atoms with E-state index in [2.05, 4.69) is 12.6 Å². The molecule has 0 spiro atoms. The number of rotatable bonds is 0. The second-order valence-electron chi connectivity index (χ2n) is 2.74. The Kier molecular flexibility index (Phi) is 2.86. The molecule has 83 valence electrons. The van der Waals surface area contributed by atoms with E-state index >= 15 is 0 Å². The van der Waals surface area contributed by atoms with Gasteiger partial charge in [0.05, 0.1) is 11.1 Å². The van der Waals surface area contributed by atoms with Gasteiger partial charge in [0.15, 0.2) is 0 Å². The average molecular weight is 245 g/mol. The maximum atomic E-state index is 12.1. The lowest BCUT2D eigenvalue weighted by Gasteiger charge is -2.11. The molecule has 0 heterocycles. The molecule has 0 fully saturated rings. The van der Waals surface area contributed by atoms with Crippen LogP contribution in [0.2, 0.25) is 0 Å². The van der Waals surface area contributed by atoms with E-state index in [-0.39, 0.29) is 6.07 Å². The molecule has 1 radical (unpaired) electrons. The summed E-state index contributed by atoms with van der Waals surface area (Å²) in [5.41, 5.74) is -2.77. The Bertz CT molecular complexity index is 332. The van der Waals surface area contributed by atoms with Crippen molar-refractivity contribution in [2.45, 2.75) is 17.2 Å². The fraction of sp³-hybridized carbons (Fsp3) is 0.250. The first kappa shape index (κ1) is 12.1. The fourth-order valence-electron chi connectivity index (χ4n) is 0.926. The van der Waals surface area contributed by atoms with Gasteiger partial charge < -0.3 is 0 Å². The molecule has 0 aromatic heterocycles. The van der Waals surface area contributed by atoms with Crippen molar-refractivity contribution in [2.24, 2.45) is 0 Å². The van der Waals surface area contributed by atoms with Gasteiger partial charge in [0.2, 0.25) is 0 Å². The quantitative estimate of drug-likeness (QED) is 0.598. The van der Waals surface area contributed by atoms with Crippen LogP contribution in [0.3, 0.4) is 0 Å². The van der Waals surface area contributed by atoms with Crippen LogP contribution in [0.4, 0.5) is 26.3 Å². The van der Waals surface area contributed by atoms with Gasteiger partial charge in [0, 0.05) is 4.90 Å². The summed E-state index contributed by atoms with van der Waals surface area (Å²) in [5.74, 6) is 0. The van der Waals surface area contributed by atoms with Gasteiger partial charge in [-0.1, -0.05) is 12.6 Å². The zero-order valence-corrected chi connectivity index (χ0v) is 7.72. The number of hydrogen-bond donors (Lipinski definition) is 0. The highest BCUT2D eigenvalue weighted by Gasteiger charge is 2.36. The first-order chi connectivity index (χ1) is 6.60. The minimum Gasteiger partial charge on any atom is -0.166 e. The molecule has 0 amide bonds. The van der Waals surface area contributed by atoms with Crippen LogP contribution in [-0.4, -0.2) is 0 Å². The highest BCUT2D eigenvalue weighted by Crippen LogP contribution is 2.36. The fourth-order valence-corrected chi connectivity index (χ4v) is 1.18. The summed E-state index contributed by atoms with van der Waals surface area (Å²) in [6.07, 6.45) is -9.65. The summed E-state index contributed by atoms with van der Waals surface area (Å²) in [6, 6.07) is 1.02. The SMILES string of the molecule is FC(F)(F)c1cc([S])cc(C(F)(F)F)c1. The summed E-state index contributed by atoms with van der Waals surface area (Å²) < 4.78 is 72.7. The molecule has 0 saturated heterocycles. The maximum Gasteiger partial charge on any atom is 0.416 e. The molecule has 1 rings (SSSR count). The van der Waals surface area contributed by atoms with E-state index in [1.165, 1.54) is 0 Å². The third kappa shape index (κ3) is 2.98. The second kappa shape index (κ2) is 3.55. The van der Waals surface area contributed by atoms with E-state index in [1.54, 1.807) is 0 Å². The van der Waals surface area contributed by atoms with Crippen molar-refractivity contribution in [3.8, 4) is 0 Å². The molecule has 0 bridgehead atoms. The maximum absolute atomic E-state index is 12.1. The standard InChI is InChI=1S/C8H3F6S/c9-7(10,11)4-1-5(8(12,13)14)3-6(15)2-4/h1-3H. The van der Waals surface area contributed by atoms with Gasteiger partial charge in [0.25, 0.3) is 0 Å². The number of hydrogen-bond acceptors (Lipinski definition) is 0. The molecule has 1 aromatic carbocycles. The first-order valence-electron chi connectivity index (χ1n) is 3.57. The lowest BCUT2D eigenvalue weighted by Crippen LogP contribution is -2.10. The van der Waals surface area contributed by atoms with E-state index in [9.17, 15) is 26.3 Å². The highest BCUT2D eigenvalue weighted by molar-refractivity contribution is 7.80. The van der Waals surface area contributed by atoms with E-state index in [1.807, 2.05) is 0 Å². The molecule has 0 nitrogen and oxygen atoms in total. The van der Waals surface area contributed by atoms with E-state index in [0.29, 0.717) is 12.1 Å². The molecule has 0 atom stereocenters. The van der Waals surface area contributed by atoms with Gasteiger partial charge in [-0.05, 0) is 18.2 Å². The highest BCUT2D eigenvalue weighted by atomic mass is 32.1. The predicted octanol–water partition coefficient (Wildman–Crippen LogP) is 4.28. The van der Waals surface area contributed by atoms with E-state index in [0.717, 1.165) is 0 Å². The van der Waals surface area contributed by atoms with Gasteiger partial charge in [-0.25, -0.2) is 0 Å². The van der Waals surface area contributed by atoms with Gasteiger partial charge >= 0.3 is 12.4 Å². The predicted molar refractivity (Wildman–Crippen MR) is 42.3 cm³/mol. The van der Waals surface area contributed by atoms with Crippen LogP contribution in [0.25, 0.3) is 0 Å². The summed E-state index contributed by atoms with van der Waals surface area (Å²) >= 11 is 4.32. The molecular weight excluding hydrogens is 242 g/mol. The molecule has 0 aliphatic carbocycles. The first-order valence-corrected chi connectivity index (χ1v) is 3.98. The Morgan fingerprint density at radius 3 is 1.33 bits per heavy atom. The summed E-state index contributed by atoms with van der Waals surface area (Å²) in [7, 11) is 0. The minimum atomic E-state index is -4.82. The molecule has 15 heavy (non-hydrogen) atoms. The average Bonchev–Trinajstić information content (AvgIpc) is 1.99. The summed E-state index contributed by atoms with van der Waals surface area (Å²) in [4.78, 5) is -0.489. The lowest BCUT2D eigenvalue weighted by atomic mass is 10.1.